The first kappa shape index (κ1) is 20.5. The molecule has 0 aliphatic heterocycles. The highest BCUT2D eigenvalue weighted by atomic mass is 35.5. The number of ether oxygens (including phenoxy) is 1. The van der Waals surface area contributed by atoms with Crippen LogP contribution in [-0.2, 0) is 14.3 Å². The van der Waals surface area contributed by atoms with Crippen LogP contribution >= 0.6 is 23.2 Å². The highest BCUT2D eigenvalue weighted by molar-refractivity contribution is 6.36. The van der Waals surface area contributed by atoms with Crippen molar-refractivity contribution in [1.82, 2.24) is 10.6 Å². The van der Waals surface area contributed by atoms with Gasteiger partial charge in [-0.1, -0.05) is 43.0 Å². The molecule has 2 N–H and O–H groups in total. The maximum absolute atomic E-state index is 12.0. The number of hydrogen-bond donors (Lipinski definition) is 2. The minimum absolute atomic E-state index is 0.127. The molecule has 142 valence electrons. The van der Waals surface area contributed by atoms with Crippen molar-refractivity contribution in [1.29, 1.82) is 0 Å². The van der Waals surface area contributed by atoms with Gasteiger partial charge in [0.15, 0.2) is 6.61 Å². The maximum Gasteiger partial charge on any atom is 0.325 e. The van der Waals surface area contributed by atoms with Gasteiger partial charge in [-0.05, 0) is 37.0 Å². The van der Waals surface area contributed by atoms with Crippen LogP contribution in [0.25, 0.3) is 0 Å². The predicted molar refractivity (Wildman–Crippen MR) is 99.3 cm³/mol. The molecule has 1 aromatic carbocycles. The van der Waals surface area contributed by atoms with E-state index in [1.54, 1.807) is 0 Å². The van der Waals surface area contributed by atoms with Crippen LogP contribution in [0.1, 0.15) is 43.0 Å². The van der Waals surface area contributed by atoms with Crippen LogP contribution in [0.2, 0.25) is 10.0 Å². The molecule has 0 spiro atoms. The average Bonchev–Trinajstić information content (AvgIpc) is 2.60. The third kappa shape index (κ3) is 6.18. The molecule has 2 atom stereocenters. The van der Waals surface area contributed by atoms with Gasteiger partial charge in [0, 0.05) is 11.1 Å². The quantitative estimate of drug-likeness (QED) is 0.718. The van der Waals surface area contributed by atoms with Crippen LogP contribution in [0.4, 0.5) is 0 Å². The van der Waals surface area contributed by atoms with Gasteiger partial charge in [0.1, 0.15) is 6.54 Å². The van der Waals surface area contributed by atoms with Crippen LogP contribution in [0.15, 0.2) is 18.2 Å². The molecule has 1 aromatic rings. The van der Waals surface area contributed by atoms with E-state index in [1.807, 2.05) is 0 Å². The molecule has 1 aliphatic carbocycles. The molecule has 0 heterocycles. The molecule has 1 fully saturated rings. The number of carbonyl (C=O) groups is 3. The molecule has 2 amide bonds. The summed E-state index contributed by atoms with van der Waals surface area (Å²) in [6, 6.07) is 4.55. The van der Waals surface area contributed by atoms with Gasteiger partial charge < -0.3 is 15.4 Å². The number of benzene rings is 1. The van der Waals surface area contributed by atoms with Crippen molar-refractivity contribution < 1.29 is 19.1 Å². The van der Waals surface area contributed by atoms with Crippen molar-refractivity contribution >= 4 is 41.0 Å². The summed E-state index contributed by atoms with van der Waals surface area (Å²) in [5.74, 6) is -1.13. The molecule has 0 aromatic heterocycles. The molecular formula is C18H22Cl2N2O4. The van der Waals surface area contributed by atoms with Gasteiger partial charge >= 0.3 is 5.97 Å². The van der Waals surface area contributed by atoms with Crippen molar-refractivity contribution in [3.05, 3.63) is 33.8 Å². The smallest absolute Gasteiger partial charge is 0.325 e. The van der Waals surface area contributed by atoms with E-state index in [-0.39, 0.29) is 35.7 Å². The van der Waals surface area contributed by atoms with Gasteiger partial charge in [-0.2, -0.15) is 0 Å². The van der Waals surface area contributed by atoms with E-state index < -0.39 is 11.9 Å². The molecular weight excluding hydrogens is 379 g/mol. The molecule has 0 saturated heterocycles. The van der Waals surface area contributed by atoms with Gasteiger partial charge in [0.2, 0.25) is 0 Å². The lowest BCUT2D eigenvalue weighted by Crippen LogP contribution is -2.43. The fourth-order valence-corrected chi connectivity index (χ4v) is 3.39. The summed E-state index contributed by atoms with van der Waals surface area (Å²) in [5.41, 5.74) is 0.202. The van der Waals surface area contributed by atoms with Crippen molar-refractivity contribution in [3.63, 3.8) is 0 Å². The Morgan fingerprint density at radius 1 is 1.19 bits per heavy atom. The molecule has 6 nitrogen and oxygen atoms in total. The van der Waals surface area contributed by atoms with Crippen LogP contribution in [0, 0.1) is 5.92 Å². The minimum Gasteiger partial charge on any atom is -0.454 e. The fourth-order valence-electron chi connectivity index (χ4n) is 2.90. The first-order chi connectivity index (χ1) is 12.4. The van der Waals surface area contributed by atoms with Crippen molar-refractivity contribution in [2.75, 3.05) is 13.2 Å². The van der Waals surface area contributed by atoms with Gasteiger partial charge in [-0.15, -0.1) is 0 Å². The second-order valence-electron chi connectivity index (χ2n) is 6.40. The van der Waals surface area contributed by atoms with E-state index >= 15 is 0 Å². The molecule has 1 saturated carbocycles. The van der Waals surface area contributed by atoms with Crippen molar-refractivity contribution in [2.45, 2.75) is 38.6 Å². The largest absolute Gasteiger partial charge is 0.454 e. The zero-order valence-electron chi connectivity index (χ0n) is 14.5. The van der Waals surface area contributed by atoms with E-state index in [9.17, 15) is 14.4 Å². The number of carbonyl (C=O) groups excluding carboxylic acids is 3. The molecule has 0 unspecified atom stereocenters. The molecule has 8 heteroatoms. The molecule has 26 heavy (non-hydrogen) atoms. The Balaban J connectivity index is 1.71. The zero-order chi connectivity index (χ0) is 19.1. The van der Waals surface area contributed by atoms with Gasteiger partial charge in [0.25, 0.3) is 11.8 Å². The third-order valence-electron chi connectivity index (χ3n) is 4.39. The fraction of sp³-hybridized carbons (Fsp3) is 0.500. The number of amides is 2. The summed E-state index contributed by atoms with van der Waals surface area (Å²) in [6.45, 7) is 1.39. The monoisotopic (exact) mass is 400 g/mol. The number of esters is 1. The Morgan fingerprint density at radius 3 is 2.62 bits per heavy atom. The minimum atomic E-state index is -0.699. The number of rotatable bonds is 6. The standard InChI is InChI=1S/C18H22Cl2N2O4/c1-11-4-2-3-5-15(11)22-16(23)10-26-17(24)9-21-18(25)13-7-6-12(19)8-14(13)20/h6-8,11,15H,2-5,9-10H2,1H3,(H,21,25)(H,22,23)/t11-,15+/m1/s1. The first-order valence-corrected chi connectivity index (χ1v) is 9.30. The van der Waals surface area contributed by atoms with Crippen LogP contribution in [0.5, 0.6) is 0 Å². The Morgan fingerprint density at radius 2 is 1.92 bits per heavy atom. The number of hydrogen-bond acceptors (Lipinski definition) is 4. The summed E-state index contributed by atoms with van der Waals surface area (Å²) >= 11 is 11.7. The van der Waals surface area contributed by atoms with Crippen LogP contribution < -0.4 is 10.6 Å². The van der Waals surface area contributed by atoms with Crippen molar-refractivity contribution in [2.24, 2.45) is 5.92 Å². The average molecular weight is 401 g/mol. The maximum atomic E-state index is 12.0. The Labute approximate surface area is 162 Å². The Bertz CT molecular complexity index is 681. The van der Waals surface area contributed by atoms with Gasteiger partial charge in [-0.3, -0.25) is 14.4 Å². The second kappa shape index (κ2) is 9.78. The lowest BCUT2D eigenvalue weighted by atomic mass is 9.86. The molecule has 1 aliphatic rings. The number of halogens is 2. The van der Waals surface area contributed by atoms with Crippen molar-refractivity contribution in [3.8, 4) is 0 Å². The lowest BCUT2D eigenvalue weighted by molar-refractivity contribution is -0.147. The van der Waals surface area contributed by atoms with E-state index in [0.29, 0.717) is 10.9 Å². The molecule has 2 rings (SSSR count). The summed E-state index contributed by atoms with van der Waals surface area (Å²) in [7, 11) is 0. The Hall–Kier alpha value is -1.79. The highest BCUT2D eigenvalue weighted by Crippen LogP contribution is 2.23. The molecule has 0 bridgehead atoms. The summed E-state index contributed by atoms with van der Waals surface area (Å²) in [4.78, 5) is 35.6. The van der Waals surface area contributed by atoms with E-state index in [4.69, 9.17) is 27.9 Å². The van der Waals surface area contributed by atoms with E-state index in [0.717, 1.165) is 19.3 Å². The highest BCUT2D eigenvalue weighted by Gasteiger charge is 2.23. The van der Waals surface area contributed by atoms with Gasteiger partial charge in [-0.25, -0.2) is 0 Å². The number of nitrogens with one attached hydrogen (secondary N) is 2. The zero-order valence-corrected chi connectivity index (χ0v) is 16.0. The third-order valence-corrected chi connectivity index (χ3v) is 4.94. The topological polar surface area (TPSA) is 84.5 Å². The van der Waals surface area contributed by atoms with E-state index in [1.165, 1.54) is 24.6 Å². The van der Waals surface area contributed by atoms with Crippen LogP contribution in [-0.4, -0.2) is 37.0 Å². The summed E-state index contributed by atoms with van der Waals surface area (Å²) in [6.07, 6.45) is 4.30. The normalized spacial score (nSPS) is 19.5. The summed E-state index contributed by atoms with van der Waals surface area (Å²) < 4.78 is 4.90. The summed E-state index contributed by atoms with van der Waals surface area (Å²) in [5, 5.41) is 5.88. The Kier molecular flexibility index (Phi) is 7.72. The van der Waals surface area contributed by atoms with Crippen LogP contribution in [0.3, 0.4) is 0 Å². The SMILES string of the molecule is C[C@@H]1CCCC[C@@H]1NC(=O)COC(=O)CNC(=O)c1ccc(Cl)cc1Cl. The first-order valence-electron chi connectivity index (χ1n) is 8.55. The van der Waals surface area contributed by atoms with E-state index in [2.05, 4.69) is 17.6 Å². The van der Waals surface area contributed by atoms with Gasteiger partial charge in [0.05, 0.1) is 10.6 Å². The second-order valence-corrected chi connectivity index (χ2v) is 7.25. The predicted octanol–water partition coefficient (Wildman–Crippen LogP) is 2.96. The molecule has 0 radical (unpaired) electrons. The lowest BCUT2D eigenvalue weighted by Gasteiger charge is -2.29.